The highest BCUT2D eigenvalue weighted by atomic mass is 16.5. The van der Waals surface area contributed by atoms with E-state index in [1.807, 2.05) is 0 Å². The van der Waals surface area contributed by atoms with Crippen molar-refractivity contribution in [3.8, 4) is 0 Å². The van der Waals surface area contributed by atoms with Gasteiger partial charge in [-0.3, -0.25) is 0 Å². The van der Waals surface area contributed by atoms with E-state index >= 15 is 0 Å². The van der Waals surface area contributed by atoms with E-state index in [4.69, 9.17) is 4.74 Å². The molecular formula is C41H74O. The van der Waals surface area contributed by atoms with Crippen molar-refractivity contribution in [2.24, 2.45) is 46.3 Å². The van der Waals surface area contributed by atoms with Crippen molar-refractivity contribution in [2.75, 3.05) is 6.61 Å². The number of allylic oxidation sites excluding steroid dienone is 1. The van der Waals surface area contributed by atoms with Crippen LogP contribution in [0.4, 0.5) is 0 Å². The molecule has 0 amide bonds. The Labute approximate surface area is 264 Å². The van der Waals surface area contributed by atoms with E-state index in [0.717, 1.165) is 42.1 Å². The first-order valence-corrected chi connectivity index (χ1v) is 19.6. The highest BCUT2D eigenvalue weighted by Crippen LogP contribution is 2.67. The van der Waals surface area contributed by atoms with Crippen LogP contribution in [0.5, 0.6) is 0 Å². The van der Waals surface area contributed by atoms with Crippen LogP contribution in [-0.2, 0) is 4.74 Å². The summed E-state index contributed by atoms with van der Waals surface area (Å²) in [6.45, 7) is 16.1. The Bertz CT molecular complexity index is 797. The largest absolute Gasteiger partial charge is 0.378 e. The SMILES string of the molecule is CCCCCCCCCCCCCCO[C@H]1CC[C@@]2(C)C(=CC[C@H]3[C@@H]4CC[C@H]([C@H](C)CCCC(C)C)[C@@]4(C)CC[C@@H]32)C1. The van der Waals surface area contributed by atoms with Gasteiger partial charge in [0.15, 0.2) is 0 Å². The molecule has 0 aromatic rings. The van der Waals surface area contributed by atoms with Crippen LogP contribution in [0.15, 0.2) is 11.6 Å². The first kappa shape index (κ1) is 34.6. The fraction of sp³-hybridized carbons (Fsp3) is 0.951. The molecule has 0 aromatic carbocycles. The van der Waals surface area contributed by atoms with Gasteiger partial charge in [0.2, 0.25) is 0 Å². The molecule has 1 heteroatoms. The van der Waals surface area contributed by atoms with Crippen LogP contribution in [0.2, 0.25) is 0 Å². The molecule has 42 heavy (non-hydrogen) atoms. The number of unbranched alkanes of at least 4 members (excludes halogenated alkanes) is 11. The van der Waals surface area contributed by atoms with Gasteiger partial charge in [-0.15, -0.1) is 0 Å². The average Bonchev–Trinajstić information content (AvgIpc) is 3.32. The van der Waals surface area contributed by atoms with Gasteiger partial charge in [-0.25, -0.2) is 0 Å². The molecule has 4 aliphatic carbocycles. The monoisotopic (exact) mass is 583 g/mol. The first-order valence-electron chi connectivity index (χ1n) is 19.6. The summed E-state index contributed by atoms with van der Waals surface area (Å²) in [5, 5.41) is 0. The van der Waals surface area contributed by atoms with Gasteiger partial charge in [-0.2, -0.15) is 0 Å². The topological polar surface area (TPSA) is 9.23 Å². The van der Waals surface area contributed by atoms with Crippen molar-refractivity contribution in [3.63, 3.8) is 0 Å². The van der Waals surface area contributed by atoms with Crippen molar-refractivity contribution in [2.45, 2.75) is 195 Å². The van der Waals surface area contributed by atoms with Gasteiger partial charge in [0, 0.05) is 6.61 Å². The van der Waals surface area contributed by atoms with Gasteiger partial charge in [-0.05, 0) is 104 Å². The Morgan fingerprint density at radius 1 is 0.738 bits per heavy atom. The third-order valence-corrected chi connectivity index (χ3v) is 13.6. The normalized spacial score (nSPS) is 35.0. The summed E-state index contributed by atoms with van der Waals surface area (Å²) in [7, 11) is 0. The zero-order chi connectivity index (χ0) is 30.0. The van der Waals surface area contributed by atoms with Gasteiger partial charge in [0.1, 0.15) is 0 Å². The number of ether oxygens (including phenoxy) is 1. The smallest absolute Gasteiger partial charge is 0.0612 e. The molecule has 0 saturated heterocycles. The molecule has 0 unspecified atom stereocenters. The van der Waals surface area contributed by atoms with E-state index in [-0.39, 0.29) is 0 Å². The lowest BCUT2D eigenvalue weighted by Crippen LogP contribution is -2.51. The fourth-order valence-electron chi connectivity index (χ4n) is 11.0. The highest BCUT2D eigenvalue weighted by Gasteiger charge is 2.59. The quantitative estimate of drug-likeness (QED) is 0.109. The Morgan fingerprint density at radius 2 is 1.40 bits per heavy atom. The predicted octanol–water partition coefficient (Wildman–Crippen LogP) is 13.1. The number of rotatable bonds is 19. The third kappa shape index (κ3) is 8.69. The van der Waals surface area contributed by atoms with Crippen LogP contribution >= 0.6 is 0 Å². The summed E-state index contributed by atoms with van der Waals surface area (Å²) in [4.78, 5) is 0. The van der Waals surface area contributed by atoms with Crippen molar-refractivity contribution in [1.82, 2.24) is 0 Å². The van der Waals surface area contributed by atoms with E-state index in [0.29, 0.717) is 16.9 Å². The molecule has 0 bridgehead atoms. The molecule has 244 valence electrons. The first-order chi connectivity index (χ1) is 20.3. The summed E-state index contributed by atoms with van der Waals surface area (Å²) in [5.41, 5.74) is 2.87. The number of hydrogen-bond acceptors (Lipinski definition) is 1. The second kappa shape index (κ2) is 16.9. The van der Waals surface area contributed by atoms with Crippen LogP contribution in [0.3, 0.4) is 0 Å². The second-order valence-electron chi connectivity index (χ2n) is 16.9. The van der Waals surface area contributed by atoms with Crippen molar-refractivity contribution >= 4 is 0 Å². The zero-order valence-electron chi connectivity index (χ0n) is 29.5. The van der Waals surface area contributed by atoms with E-state index in [1.54, 1.807) is 5.57 Å². The van der Waals surface area contributed by atoms with E-state index in [9.17, 15) is 0 Å². The van der Waals surface area contributed by atoms with Gasteiger partial charge >= 0.3 is 0 Å². The summed E-state index contributed by atoms with van der Waals surface area (Å²) in [5.74, 6) is 5.60. The predicted molar refractivity (Wildman–Crippen MR) is 184 cm³/mol. The maximum absolute atomic E-state index is 6.54. The molecule has 8 atom stereocenters. The molecule has 0 heterocycles. The fourth-order valence-corrected chi connectivity index (χ4v) is 11.0. The van der Waals surface area contributed by atoms with Crippen molar-refractivity contribution < 1.29 is 4.74 Å². The molecule has 4 aliphatic rings. The minimum Gasteiger partial charge on any atom is -0.378 e. The van der Waals surface area contributed by atoms with Crippen LogP contribution in [0.1, 0.15) is 189 Å². The molecule has 0 aliphatic heterocycles. The highest BCUT2D eigenvalue weighted by molar-refractivity contribution is 5.25. The van der Waals surface area contributed by atoms with Gasteiger partial charge in [-0.1, -0.05) is 143 Å². The lowest BCUT2D eigenvalue weighted by molar-refractivity contribution is -0.0641. The molecule has 0 spiro atoms. The Morgan fingerprint density at radius 3 is 2.07 bits per heavy atom. The maximum atomic E-state index is 6.54. The third-order valence-electron chi connectivity index (χ3n) is 13.6. The summed E-state index contributed by atoms with van der Waals surface area (Å²) < 4.78 is 6.54. The van der Waals surface area contributed by atoms with Crippen molar-refractivity contribution in [1.29, 1.82) is 0 Å². The van der Waals surface area contributed by atoms with Gasteiger partial charge in [0.25, 0.3) is 0 Å². The molecule has 3 saturated carbocycles. The maximum Gasteiger partial charge on any atom is 0.0612 e. The average molecular weight is 583 g/mol. The van der Waals surface area contributed by atoms with Crippen LogP contribution < -0.4 is 0 Å². The molecule has 4 rings (SSSR count). The minimum absolute atomic E-state index is 0.459. The zero-order valence-corrected chi connectivity index (χ0v) is 29.5. The lowest BCUT2D eigenvalue weighted by atomic mass is 9.47. The van der Waals surface area contributed by atoms with E-state index in [2.05, 4.69) is 47.6 Å². The Balaban J connectivity index is 1.16. The molecule has 0 aromatic heterocycles. The van der Waals surface area contributed by atoms with E-state index < -0.39 is 0 Å². The molecule has 0 radical (unpaired) electrons. The van der Waals surface area contributed by atoms with Crippen LogP contribution in [0.25, 0.3) is 0 Å². The molecular weight excluding hydrogens is 508 g/mol. The molecule has 0 N–H and O–H groups in total. The Hall–Kier alpha value is -0.300. The van der Waals surface area contributed by atoms with Gasteiger partial charge in [0.05, 0.1) is 6.10 Å². The molecule has 1 nitrogen and oxygen atoms in total. The molecule has 3 fully saturated rings. The summed E-state index contributed by atoms with van der Waals surface area (Å²) in [6.07, 6.45) is 35.9. The number of hydrogen-bond donors (Lipinski definition) is 0. The second-order valence-corrected chi connectivity index (χ2v) is 16.9. The summed E-state index contributed by atoms with van der Waals surface area (Å²) in [6, 6.07) is 0. The van der Waals surface area contributed by atoms with E-state index in [1.165, 1.54) is 148 Å². The standard InChI is InChI=1S/C41H74O/c1-7-8-9-10-11-12-13-14-15-16-17-18-30-42-35-26-28-40(5)34(31-35)22-23-36-38-25-24-37(33(4)21-19-20-32(2)3)41(38,6)29-27-39(36)40/h22,32-33,35-39H,7-21,23-31H2,1-6H3/t33-,35+,36+,37-,38+,39+,40+,41-/m1/s1. The minimum atomic E-state index is 0.459. The summed E-state index contributed by atoms with van der Waals surface area (Å²) >= 11 is 0. The Kier molecular flexibility index (Phi) is 13.9. The number of fused-ring (bicyclic) bond motifs is 5. The van der Waals surface area contributed by atoms with Gasteiger partial charge < -0.3 is 4.74 Å². The van der Waals surface area contributed by atoms with Crippen LogP contribution in [0, 0.1) is 46.3 Å². The van der Waals surface area contributed by atoms with Crippen LogP contribution in [-0.4, -0.2) is 12.7 Å². The van der Waals surface area contributed by atoms with Crippen molar-refractivity contribution in [3.05, 3.63) is 11.6 Å². The lowest BCUT2D eigenvalue weighted by Gasteiger charge is -2.58.